The third-order valence-corrected chi connectivity index (χ3v) is 5.16. The molecule has 0 radical (unpaired) electrons. The van der Waals surface area contributed by atoms with E-state index in [0.29, 0.717) is 22.3 Å². The summed E-state index contributed by atoms with van der Waals surface area (Å²) in [6, 6.07) is 21.3. The SMILES string of the molecule is CC(=O)Oc1cccc2c1c1c(n2-c2ccc(C)cc2)-c2ccccc2C1=O. The minimum Gasteiger partial charge on any atom is -0.426 e. The minimum absolute atomic E-state index is 0.0407. The fraction of sp³-hybridized carbons (Fsp3) is 0.0833. The van der Waals surface area contributed by atoms with Gasteiger partial charge in [0.15, 0.2) is 5.78 Å². The highest BCUT2D eigenvalue weighted by Crippen LogP contribution is 2.46. The summed E-state index contributed by atoms with van der Waals surface area (Å²) < 4.78 is 7.55. The number of rotatable bonds is 2. The molecule has 0 saturated heterocycles. The molecule has 0 N–H and O–H groups in total. The molecule has 0 unspecified atom stereocenters. The maximum absolute atomic E-state index is 13.3. The summed E-state index contributed by atoms with van der Waals surface area (Å²) in [6.45, 7) is 3.41. The number of hydrogen-bond acceptors (Lipinski definition) is 3. The van der Waals surface area contributed by atoms with Gasteiger partial charge in [-0.25, -0.2) is 0 Å². The standard InChI is InChI=1S/C24H17NO3/c1-14-10-12-16(13-11-14)25-19-8-5-9-20(28-15(2)26)21(19)22-23(25)17-6-3-4-7-18(17)24(22)27/h3-13H,1-2H3. The maximum Gasteiger partial charge on any atom is 0.308 e. The maximum atomic E-state index is 13.3. The van der Waals surface area contributed by atoms with Gasteiger partial charge in [-0.2, -0.15) is 0 Å². The molecule has 1 aromatic heterocycles. The third kappa shape index (κ3) is 2.24. The number of nitrogens with zero attached hydrogens (tertiary/aromatic N) is 1. The van der Waals surface area contributed by atoms with Crippen molar-refractivity contribution in [2.24, 2.45) is 0 Å². The van der Waals surface area contributed by atoms with Gasteiger partial charge in [-0.15, -0.1) is 0 Å². The number of fused-ring (bicyclic) bond motifs is 5. The quantitative estimate of drug-likeness (QED) is 0.323. The molecule has 4 aromatic rings. The second-order valence-electron chi connectivity index (χ2n) is 7.01. The average molecular weight is 367 g/mol. The molecule has 0 fully saturated rings. The van der Waals surface area contributed by atoms with Crippen molar-refractivity contribution < 1.29 is 14.3 Å². The molecule has 1 aliphatic rings. The number of benzene rings is 3. The van der Waals surface area contributed by atoms with Gasteiger partial charge in [-0.3, -0.25) is 9.59 Å². The van der Waals surface area contributed by atoms with Crippen LogP contribution < -0.4 is 4.74 Å². The molecule has 0 spiro atoms. The van der Waals surface area contributed by atoms with Crippen LogP contribution in [0.3, 0.4) is 0 Å². The first-order valence-corrected chi connectivity index (χ1v) is 9.13. The summed E-state index contributed by atoms with van der Waals surface area (Å²) >= 11 is 0. The van der Waals surface area contributed by atoms with Crippen molar-refractivity contribution >= 4 is 22.7 Å². The van der Waals surface area contributed by atoms with Crippen LogP contribution in [0.2, 0.25) is 0 Å². The largest absolute Gasteiger partial charge is 0.426 e. The molecule has 0 atom stereocenters. The number of carbonyl (C=O) groups excluding carboxylic acids is 2. The predicted octanol–water partition coefficient (Wildman–Crippen LogP) is 5.08. The Morgan fingerprint density at radius 3 is 2.32 bits per heavy atom. The zero-order valence-electron chi connectivity index (χ0n) is 15.5. The molecule has 136 valence electrons. The lowest BCUT2D eigenvalue weighted by molar-refractivity contribution is -0.131. The van der Waals surface area contributed by atoms with Gasteiger partial charge >= 0.3 is 5.97 Å². The zero-order valence-corrected chi connectivity index (χ0v) is 15.5. The van der Waals surface area contributed by atoms with Crippen molar-refractivity contribution in [1.29, 1.82) is 0 Å². The van der Waals surface area contributed by atoms with Crippen molar-refractivity contribution in [3.05, 3.63) is 83.4 Å². The Labute approximate surface area is 162 Å². The Bertz CT molecular complexity index is 1280. The molecule has 0 amide bonds. The topological polar surface area (TPSA) is 48.3 Å². The molecule has 3 aromatic carbocycles. The smallest absolute Gasteiger partial charge is 0.308 e. The first-order chi connectivity index (χ1) is 13.6. The molecule has 0 bridgehead atoms. The summed E-state index contributed by atoms with van der Waals surface area (Å²) in [4.78, 5) is 24.9. The summed E-state index contributed by atoms with van der Waals surface area (Å²) in [7, 11) is 0. The van der Waals surface area contributed by atoms with E-state index in [-0.39, 0.29) is 5.78 Å². The van der Waals surface area contributed by atoms with E-state index in [1.54, 1.807) is 6.07 Å². The second-order valence-corrected chi connectivity index (χ2v) is 7.01. The number of ketones is 1. The Morgan fingerprint density at radius 1 is 0.893 bits per heavy atom. The Hall–Kier alpha value is -3.66. The fourth-order valence-electron chi connectivity index (χ4n) is 4.01. The van der Waals surface area contributed by atoms with Gasteiger partial charge in [-0.05, 0) is 31.2 Å². The number of aromatic nitrogens is 1. The van der Waals surface area contributed by atoms with Gasteiger partial charge in [0.25, 0.3) is 0 Å². The molecule has 0 saturated carbocycles. The fourth-order valence-corrected chi connectivity index (χ4v) is 4.01. The molecule has 1 heterocycles. The van der Waals surface area contributed by atoms with Crippen LogP contribution >= 0.6 is 0 Å². The lowest BCUT2D eigenvalue weighted by Crippen LogP contribution is -2.03. The molecule has 1 aliphatic carbocycles. The Kier molecular flexibility index (Phi) is 3.49. The lowest BCUT2D eigenvalue weighted by Gasteiger charge is -2.12. The number of esters is 1. The van der Waals surface area contributed by atoms with Crippen molar-refractivity contribution in [3.8, 4) is 22.7 Å². The van der Waals surface area contributed by atoms with E-state index in [2.05, 4.69) is 4.57 Å². The van der Waals surface area contributed by atoms with Crippen LogP contribution in [-0.4, -0.2) is 16.3 Å². The van der Waals surface area contributed by atoms with Gasteiger partial charge < -0.3 is 9.30 Å². The number of carbonyl (C=O) groups is 2. The van der Waals surface area contributed by atoms with E-state index < -0.39 is 5.97 Å². The highest BCUT2D eigenvalue weighted by Gasteiger charge is 2.35. The van der Waals surface area contributed by atoms with Crippen molar-refractivity contribution in [2.75, 3.05) is 0 Å². The Balaban J connectivity index is 1.94. The highest BCUT2D eigenvalue weighted by atomic mass is 16.5. The van der Waals surface area contributed by atoms with Crippen LogP contribution in [0.4, 0.5) is 0 Å². The van der Waals surface area contributed by atoms with Crippen molar-refractivity contribution in [3.63, 3.8) is 0 Å². The van der Waals surface area contributed by atoms with Gasteiger partial charge in [-0.1, -0.05) is 48.0 Å². The summed E-state index contributed by atoms with van der Waals surface area (Å²) in [5.74, 6) is -0.0402. The van der Waals surface area contributed by atoms with Gasteiger partial charge in [0, 0.05) is 23.7 Å². The molecule has 0 aliphatic heterocycles. The van der Waals surface area contributed by atoms with Crippen LogP contribution in [0.5, 0.6) is 5.75 Å². The summed E-state index contributed by atoms with van der Waals surface area (Å²) in [5, 5.41) is 0.675. The van der Waals surface area contributed by atoms with Gasteiger partial charge in [0.2, 0.25) is 0 Å². The monoisotopic (exact) mass is 367 g/mol. The van der Waals surface area contributed by atoms with Crippen LogP contribution in [-0.2, 0) is 4.79 Å². The van der Waals surface area contributed by atoms with Crippen molar-refractivity contribution in [2.45, 2.75) is 13.8 Å². The molecular formula is C24H17NO3. The van der Waals surface area contributed by atoms with E-state index in [1.165, 1.54) is 6.92 Å². The van der Waals surface area contributed by atoms with Crippen LogP contribution in [0.1, 0.15) is 28.4 Å². The summed E-state index contributed by atoms with van der Waals surface area (Å²) in [6.07, 6.45) is 0. The summed E-state index contributed by atoms with van der Waals surface area (Å²) in [5.41, 5.74) is 5.97. The van der Waals surface area contributed by atoms with Crippen LogP contribution in [0.15, 0.2) is 66.7 Å². The lowest BCUT2D eigenvalue weighted by atomic mass is 10.1. The van der Waals surface area contributed by atoms with E-state index in [4.69, 9.17) is 4.74 Å². The molecule has 28 heavy (non-hydrogen) atoms. The van der Waals surface area contributed by atoms with E-state index >= 15 is 0 Å². The van der Waals surface area contributed by atoms with Gasteiger partial charge in [0.1, 0.15) is 5.75 Å². The first-order valence-electron chi connectivity index (χ1n) is 9.13. The first kappa shape index (κ1) is 16.5. The number of ether oxygens (including phenoxy) is 1. The van der Waals surface area contributed by atoms with E-state index in [1.807, 2.05) is 67.6 Å². The zero-order chi connectivity index (χ0) is 19.4. The average Bonchev–Trinajstić information content (AvgIpc) is 3.17. The molecular weight excluding hydrogens is 350 g/mol. The second kappa shape index (κ2) is 5.92. The highest BCUT2D eigenvalue weighted by molar-refractivity contribution is 6.29. The normalized spacial score (nSPS) is 12.1. The minimum atomic E-state index is -0.410. The molecule has 5 rings (SSSR count). The Morgan fingerprint density at radius 2 is 1.61 bits per heavy atom. The van der Waals surface area contributed by atoms with Gasteiger partial charge in [0.05, 0.1) is 22.2 Å². The predicted molar refractivity (Wildman–Crippen MR) is 108 cm³/mol. The molecule has 4 heteroatoms. The van der Waals surface area contributed by atoms with Crippen LogP contribution in [0.25, 0.3) is 27.8 Å². The third-order valence-electron chi connectivity index (χ3n) is 5.16. The number of hydrogen-bond donors (Lipinski definition) is 0. The van der Waals surface area contributed by atoms with E-state index in [9.17, 15) is 9.59 Å². The van der Waals surface area contributed by atoms with Crippen molar-refractivity contribution in [1.82, 2.24) is 4.57 Å². The van der Waals surface area contributed by atoms with E-state index in [0.717, 1.165) is 28.0 Å². The number of aryl methyl sites for hydroxylation is 1. The molecule has 4 nitrogen and oxygen atoms in total. The van der Waals surface area contributed by atoms with Crippen LogP contribution in [0, 0.1) is 6.92 Å².